The van der Waals surface area contributed by atoms with E-state index in [1.165, 1.54) is 0 Å². The molecule has 1 aliphatic heterocycles. The van der Waals surface area contributed by atoms with Crippen LogP contribution in [0.25, 0.3) is 0 Å². The molecule has 1 rings (SSSR count). The summed E-state index contributed by atoms with van der Waals surface area (Å²) in [5.41, 5.74) is 0.257. The molecule has 0 aliphatic carbocycles. The quantitative estimate of drug-likeness (QED) is 0.792. The second-order valence-corrected chi connectivity index (χ2v) is 6.59. The molecule has 3 atom stereocenters. The summed E-state index contributed by atoms with van der Waals surface area (Å²) < 4.78 is 0. The Bertz CT molecular complexity index is 257. The molecule has 3 unspecified atom stereocenters. The summed E-state index contributed by atoms with van der Waals surface area (Å²) in [5.74, 6) is 1.40. The molecule has 1 saturated heterocycles. The van der Waals surface area contributed by atoms with E-state index < -0.39 is 0 Å². The van der Waals surface area contributed by atoms with Crippen molar-refractivity contribution in [3.63, 3.8) is 0 Å². The van der Waals surface area contributed by atoms with Gasteiger partial charge in [-0.25, -0.2) is 0 Å². The highest BCUT2D eigenvalue weighted by Gasteiger charge is 2.28. The lowest BCUT2D eigenvalue weighted by Gasteiger charge is -2.31. The van der Waals surface area contributed by atoms with Gasteiger partial charge in [-0.3, -0.25) is 4.79 Å². The Morgan fingerprint density at radius 3 is 2.65 bits per heavy atom. The first-order valence-electron chi connectivity index (χ1n) is 6.80. The molecular weight excluding hydrogens is 212 g/mol. The third-order valence-corrected chi connectivity index (χ3v) is 4.18. The van der Waals surface area contributed by atoms with Crippen LogP contribution in [0.5, 0.6) is 0 Å². The summed E-state index contributed by atoms with van der Waals surface area (Å²) in [6.45, 7) is 13.7. The third kappa shape index (κ3) is 4.30. The molecule has 0 spiro atoms. The number of amides is 1. The highest BCUT2D eigenvalue weighted by Crippen LogP contribution is 2.25. The van der Waals surface area contributed by atoms with Crippen molar-refractivity contribution in [1.82, 2.24) is 10.6 Å². The van der Waals surface area contributed by atoms with Gasteiger partial charge in [0.25, 0.3) is 0 Å². The highest BCUT2D eigenvalue weighted by molar-refractivity contribution is 5.79. The van der Waals surface area contributed by atoms with E-state index in [-0.39, 0.29) is 17.2 Å². The van der Waals surface area contributed by atoms with E-state index in [2.05, 4.69) is 45.3 Å². The molecule has 1 amide bonds. The molecule has 1 heterocycles. The monoisotopic (exact) mass is 240 g/mol. The lowest BCUT2D eigenvalue weighted by atomic mass is 9.81. The fraction of sp³-hybridized carbons (Fsp3) is 0.929. The lowest BCUT2D eigenvalue weighted by molar-refractivity contribution is -0.127. The van der Waals surface area contributed by atoms with Gasteiger partial charge in [0.2, 0.25) is 5.91 Å². The fourth-order valence-electron chi connectivity index (χ4n) is 2.09. The summed E-state index contributed by atoms with van der Waals surface area (Å²) >= 11 is 0. The molecule has 0 bridgehead atoms. The Hall–Kier alpha value is -0.570. The van der Waals surface area contributed by atoms with Crippen molar-refractivity contribution in [3.05, 3.63) is 0 Å². The molecule has 0 saturated carbocycles. The van der Waals surface area contributed by atoms with E-state index in [1.807, 2.05) is 0 Å². The molecule has 17 heavy (non-hydrogen) atoms. The predicted molar refractivity (Wildman–Crippen MR) is 71.8 cm³/mol. The Labute approximate surface area is 106 Å². The molecular formula is C14H28N2O. The van der Waals surface area contributed by atoms with Crippen LogP contribution in [0.2, 0.25) is 0 Å². The number of carbonyl (C=O) groups excluding carboxylic acids is 1. The standard InChI is InChI=1S/C14H28N2O/c1-10-8-15-7-6-12(10)13(17)16-9-11(2)14(3,4)5/h10-12,15H,6-9H2,1-5H3,(H,16,17). The minimum Gasteiger partial charge on any atom is -0.356 e. The second-order valence-electron chi connectivity index (χ2n) is 6.59. The van der Waals surface area contributed by atoms with E-state index >= 15 is 0 Å². The van der Waals surface area contributed by atoms with E-state index in [4.69, 9.17) is 0 Å². The van der Waals surface area contributed by atoms with Crippen LogP contribution >= 0.6 is 0 Å². The zero-order valence-corrected chi connectivity index (χ0v) is 12.0. The average Bonchev–Trinajstić information content (AvgIpc) is 2.24. The van der Waals surface area contributed by atoms with Crippen molar-refractivity contribution in [2.75, 3.05) is 19.6 Å². The zero-order chi connectivity index (χ0) is 13.1. The van der Waals surface area contributed by atoms with Gasteiger partial charge in [0.15, 0.2) is 0 Å². The Morgan fingerprint density at radius 1 is 1.47 bits per heavy atom. The van der Waals surface area contributed by atoms with Gasteiger partial charge in [-0.05, 0) is 36.8 Å². The van der Waals surface area contributed by atoms with Gasteiger partial charge < -0.3 is 10.6 Å². The lowest BCUT2D eigenvalue weighted by Crippen LogP contribution is -2.45. The minimum absolute atomic E-state index is 0.198. The van der Waals surface area contributed by atoms with Crippen molar-refractivity contribution >= 4 is 5.91 Å². The molecule has 0 aromatic carbocycles. The first-order chi connectivity index (χ1) is 7.82. The smallest absolute Gasteiger partial charge is 0.223 e. The zero-order valence-electron chi connectivity index (χ0n) is 12.0. The van der Waals surface area contributed by atoms with Crippen LogP contribution < -0.4 is 10.6 Å². The number of piperidine rings is 1. The van der Waals surface area contributed by atoms with Crippen LogP contribution in [0.3, 0.4) is 0 Å². The largest absolute Gasteiger partial charge is 0.356 e. The van der Waals surface area contributed by atoms with Gasteiger partial charge in [0.1, 0.15) is 0 Å². The second kappa shape index (κ2) is 5.85. The van der Waals surface area contributed by atoms with Crippen molar-refractivity contribution in [2.24, 2.45) is 23.2 Å². The Kier molecular flexibility index (Phi) is 4.99. The van der Waals surface area contributed by atoms with E-state index in [0.29, 0.717) is 11.8 Å². The summed E-state index contributed by atoms with van der Waals surface area (Å²) in [4.78, 5) is 12.1. The van der Waals surface area contributed by atoms with Crippen LogP contribution in [0.4, 0.5) is 0 Å². The van der Waals surface area contributed by atoms with Gasteiger partial charge in [-0.2, -0.15) is 0 Å². The topological polar surface area (TPSA) is 41.1 Å². The maximum atomic E-state index is 12.1. The Morgan fingerprint density at radius 2 is 2.12 bits per heavy atom. The molecule has 3 heteroatoms. The normalized spacial score (nSPS) is 27.6. The van der Waals surface area contributed by atoms with Crippen molar-refractivity contribution < 1.29 is 4.79 Å². The van der Waals surface area contributed by atoms with Gasteiger partial charge in [-0.1, -0.05) is 34.6 Å². The fourth-order valence-corrected chi connectivity index (χ4v) is 2.09. The van der Waals surface area contributed by atoms with Gasteiger partial charge in [0.05, 0.1) is 0 Å². The van der Waals surface area contributed by atoms with Crippen LogP contribution in [0.15, 0.2) is 0 Å². The van der Waals surface area contributed by atoms with Gasteiger partial charge in [0, 0.05) is 12.5 Å². The molecule has 3 nitrogen and oxygen atoms in total. The summed E-state index contributed by atoms with van der Waals surface area (Å²) in [6, 6.07) is 0. The summed E-state index contributed by atoms with van der Waals surface area (Å²) in [7, 11) is 0. The Balaban J connectivity index is 2.39. The van der Waals surface area contributed by atoms with Crippen LogP contribution in [-0.4, -0.2) is 25.5 Å². The number of hydrogen-bond donors (Lipinski definition) is 2. The van der Waals surface area contributed by atoms with Crippen molar-refractivity contribution in [2.45, 2.75) is 41.0 Å². The maximum Gasteiger partial charge on any atom is 0.223 e. The van der Waals surface area contributed by atoms with Crippen molar-refractivity contribution in [3.8, 4) is 0 Å². The minimum atomic E-state index is 0.198. The molecule has 0 aromatic rings. The highest BCUT2D eigenvalue weighted by atomic mass is 16.1. The summed E-state index contributed by atoms with van der Waals surface area (Å²) in [5, 5.41) is 6.45. The maximum absolute atomic E-state index is 12.1. The molecule has 0 aromatic heterocycles. The van der Waals surface area contributed by atoms with E-state index in [9.17, 15) is 4.79 Å². The first-order valence-corrected chi connectivity index (χ1v) is 6.80. The molecule has 2 N–H and O–H groups in total. The van der Waals surface area contributed by atoms with E-state index in [1.54, 1.807) is 0 Å². The van der Waals surface area contributed by atoms with E-state index in [0.717, 1.165) is 26.1 Å². The first kappa shape index (κ1) is 14.5. The molecule has 100 valence electrons. The van der Waals surface area contributed by atoms with Crippen LogP contribution in [0, 0.1) is 23.2 Å². The third-order valence-electron chi connectivity index (χ3n) is 4.18. The van der Waals surface area contributed by atoms with Crippen molar-refractivity contribution in [1.29, 1.82) is 0 Å². The summed E-state index contributed by atoms with van der Waals surface area (Å²) in [6.07, 6.45) is 0.969. The molecule has 1 aliphatic rings. The number of nitrogens with one attached hydrogen (secondary N) is 2. The van der Waals surface area contributed by atoms with Gasteiger partial charge in [-0.15, -0.1) is 0 Å². The molecule has 0 radical (unpaired) electrons. The van der Waals surface area contributed by atoms with Crippen LogP contribution in [0.1, 0.15) is 41.0 Å². The number of rotatable bonds is 3. The number of hydrogen-bond acceptors (Lipinski definition) is 2. The predicted octanol–water partition coefficient (Wildman–Crippen LogP) is 2.03. The SMILES string of the molecule is CC1CNCCC1C(=O)NCC(C)C(C)(C)C. The van der Waals surface area contributed by atoms with Crippen LogP contribution in [-0.2, 0) is 4.79 Å². The molecule has 1 fully saturated rings. The number of carbonyl (C=O) groups is 1. The average molecular weight is 240 g/mol. The van der Waals surface area contributed by atoms with Gasteiger partial charge >= 0.3 is 0 Å².